The van der Waals surface area contributed by atoms with E-state index in [1.54, 1.807) is 11.3 Å². The van der Waals surface area contributed by atoms with Crippen LogP contribution >= 0.6 is 11.3 Å². The lowest BCUT2D eigenvalue weighted by Crippen LogP contribution is -2.28. The second kappa shape index (κ2) is 10.1. The molecule has 8 nitrogen and oxygen atoms in total. The van der Waals surface area contributed by atoms with Crippen LogP contribution in [0.2, 0.25) is 0 Å². The van der Waals surface area contributed by atoms with E-state index in [0.29, 0.717) is 0 Å². The van der Waals surface area contributed by atoms with Crippen LogP contribution in [-0.4, -0.2) is 24.6 Å². The number of hydrogen-bond donors (Lipinski definition) is 0. The average molecular weight is 473 g/mol. The number of para-hydroxylation sites is 1. The Morgan fingerprint density at radius 2 is 1.72 bits per heavy atom. The van der Waals surface area contributed by atoms with Crippen molar-refractivity contribution in [3.05, 3.63) is 65.7 Å². The van der Waals surface area contributed by atoms with Crippen molar-refractivity contribution in [3.8, 4) is 11.3 Å². The molecule has 0 aliphatic rings. The fourth-order valence-corrected chi connectivity index (χ4v) is 4.06. The molecule has 0 atom stereocenters. The Kier molecular flexibility index (Phi) is 7.52. The molecule has 0 radical (unpaired) electrons. The van der Waals surface area contributed by atoms with Crippen LogP contribution in [0.25, 0.3) is 22.2 Å². The minimum Gasteiger partial charge on any atom is -0.726 e. The lowest BCUT2D eigenvalue weighted by molar-refractivity contribution is -0.660. The van der Waals surface area contributed by atoms with E-state index in [-0.39, 0.29) is 0 Å². The molecule has 0 aliphatic heterocycles. The number of azo groups is 1. The van der Waals surface area contributed by atoms with Crippen LogP contribution in [0.1, 0.15) is 12.6 Å². The summed E-state index contributed by atoms with van der Waals surface area (Å²) < 4.78 is 35.4. The maximum Gasteiger partial charge on any atom is 0.408 e. The van der Waals surface area contributed by atoms with Gasteiger partial charge >= 0.3 is 5.13 Å². The fourth-order valence-electron chi connectivity index (χ4n) is 3.23. The van der Waals surface area contributed by atoms with Crippen molar-refractivity contribution in [1.82, 2.24) is 4.57 Å². The summed E-state index contributed by atoms with van der Waals surface area (Å²) in [6.45, 7) is 5.13. The number of aryl methyl sites for hydroxylation is 2. The molecule has 4 aromatic rings. The smallest absolute Gasteiger partial charge is 0.408 e. The van der Waals surface area contributed by atoms with Crippen molar-refractivity contribution >= 4 is 43.5 Å². The molecule has 2 heterocycles. The molecule has 0 saturated heterocycles. The van der Waals surface area contributed by atoms with Crippen molar-refractivity contribution in [3.63, 3.8) is 0 Å². The quantitative estimate of drug-likeness (QED) is 0.176. The molecule has 32 heavy (non-hydrogen) atoms. The largest absolute Gasteiger partial charge is 0.726 e. The number of aromatic nitrogens is 2. The zero-order valence-electron chi connectivity index (χ0n) is 18.2. The molecular formula is C22H24N4O4S2. The van der Waals surface area contributed by atoms with E-state index in [2.05, 4.69) is 86.2 Å². The van der Waals surface area contributed by atoms with E-state index in [1.165, 1.54) is 11.2 Å². The van der Waals surface area contributed by atoms with Gasteiger partial charge in [-0.25, -0.2) is 13.0 Å². The van der Waals surface area contributed by atoms with Gasteiger partial charge < -0.3 is 9.12 Å². The minimum absolute atomic E-state index is 0.808. The molecule has 2 aromatic heterocycles. The Morgan fingerprint density at radius 3 is 2.28 bits per heavy atom. The van der Waals surface area contributed by atoms with Gasteiger partial charge in [-0.2, -0.15) is 0 Å². The second-order valence-corrected chi connectivity index (χ2v) is 8.80. The fraction of sp³-hybridized carbons (Fsp3) is 0.227. The molecule has 0 spiro atoms. The van der Waals surface area contributed by atoms with Crippen LogP contribution < -0.4 is 4.57 Å². The van der Waals surface area contributed by atoms with Crippen LogP contribution in [0.4, 0.5) is 10.8 Å². The third-order valence-corrected chi connectivity index (χ3v) is 6.33. The molecule has 0 amide bonds. The highest BCUT2D eigenvalue weighted by Gasteiger charge is 2.20. The van der Waals surface area contributed by atoms with E-state index in [4.69, 9.17) is 5.11 Å². The van der Waals surface area contributed by atoms with Gasteiger partial charge in [-0.15, -0.1) is 0 Å². The van der Waals surface area contributed by atoms with Gasteiger partial charge in [0.05, 0.1) is 30.5 Å². The van der Waals surface area contributed by atoms with Crippen LogP contribution in [0.3, 0.4) is 0 Å². The molecule has 10 heteroatoms. The van der Waals surface area contributed by atoms with E-state index < -0.39 is 10.4 Å². The number of rotatable bonds is 5. The van der Waals surface area contributed by atoms with Crippen LogP contribution in [0, 0.1) is 6.92 Å². The van der Waals surface area contributed by atoms with Gasteiger partial charge in [0.2, 0.25) is 10.4 Å². The molecular weight excluding hydrogens is 448 g/mol. The summed E-state index contributed by atoms with van der Waals surface area (Å²) in [6.07, 6.45) is 0. The summed E-state index contributed by atoms with van der Waals surface area (Å²) in [6, 6.07) is 18.9. The first-order valence-electron chi connectivity index (χ1n) is 9.80. The first-order chi connectivity index (χ1) is 15.3. The normalized spacial score (nSPS) is 11.7. The zero-order valence-corrected chi connectivity index (χ0v) is 19.9. The SMILES string of the molecule is CCn1c(-c2ccccc2)c(N=Nc2scc(C)[n+]2C)c2ccccc21.COS(=O)(=O)[O-]. The van der Waals surface area contributed by atoms with Gasteiger partial charge in [0.25, 0.3) is 0 Å². The molecule has 168 valence electrons. The lowest BCUT2D eigenvalue weighted by atomic mass is 10.1. The predicted octanol–water partition coefficient (Wildman–Crippen LogP) is 5.03. The molecule has 0 bridgehead atoms. The highest BCUT2D eigenvalue weighted by atomic mass is 32.3. The van der Waals surface area contributed by atoms with E-state index in [1.807, 2.05) is 13.1 Å². The number of thiazole rings is 1. The standard InChI is InChI=1S/C21H21N4S.CH4O4S/c1-4-25-18-13-9-8-12-17(18)19(20(25)16-10-6-5-7-11-16)22-23-21-24(3)15(2)14-26-21;1-5-6(2,3)4/h5-14H,4H2,1-3H3;1H3,(H,2,3,4)/q+1;/p-1. The Balaban J connectivity index is 0.000000427. The predicted molar refractivity (Wildman–Crippen MR) is 124 cm³/mol. The van der Waals surface area contributed by atoms with Crippen molar-refractivity contribution in [1.29, 1.82) is 0 Å². The maximum atomic E-state index is 9.22. The number of hydrogen-bond acceptors (Lipinski definition) is 7. The second-order valence-electron chi connectivity index (χ2n) is 6.82. The summed E-state index contributed by atoms with van der Waals surface area (Å²) in [5.74, 6) is 0. The molecule has 0 aliphatic carbocycles. The Labute approximate surface area is 191 Å². The van der Waals surface area contributed by atoms with Crippen LogP contribution in [0.5, 0.6) is 0 Å². The summed E-state index contributed by atoms with van der Waals surface area (Å²) in [5, 5.41) is 13.4. The monoisotopic (exact) mass is 472 g/mol. The first kappa shape index (κ1) is 23.7. The molecule has 2 aromatic carbocycles. The number of nitrogens with zero attached hydrogens (tertiary/aromatic N) is 4. The van der Waals surface area contributed by atoms with Crippen molar-refractivity contribution in [2.45, 2.75) is 20.4 Å². The van der Waals surface area contributed by atoms with Gasteiger partial charge in [-0.1, -0.05) is 48.5 Å². The summed E-state index contributed by atoms with van der Waals surface area (Å²) >= 11 is 1.61. The van der Waals surface area contributed by atoms with Gasteiger partial charge in [-0.3, -0.25) is 4.18 Å². The third-order valence-electron chi connectivity index (χ3n) is 4.90. The summed E-state index contributed by atoms with van der Waals surface area (Å²) in [4.78, 5) is 0. The van der Waals surface area contributed by atoms with E-state index in [0.717, 1.165) is 41.1 Å². The summed E-state index contributed by atoms with van der Waals surface area (Å²) in [5.41, 5.74) is 5.58. The Morgan fingerprint density at radius 1 is 1.09 bits per heavy atom. The number of fused-ring (bicyclic) bond motifs is 1. The van der Waals surface area contributed by atoms with Crippen LogP contribution in [0.15, 0.2) is 70.2 Å². The molecule has 0 N–H and O–H groups in total. The van der Waals surface area contributed by atoms with E-state index in [9.17, 15) is 13.0 Å². The van der Waals surface area contributed by atoms with Gasteiger partial charge in [-0.05, 0) is 36.4 Å². The average Bonchev–Trinajstić information content (AvgIpc) is 3.29. The zero-order chi connectivity index (χ0) is 23.3. The van der Waals surface area contributed by atoms with Gasteiger partial charge in [0.1, 0.15) is 11.4 Å². The molecule has 0 saturated carbocycles. The molecule has 4 rings (SSSR count). The highest BCUT2D eigenvalue weighted by Crippen LogP contribution is 2.40. The molecule has 0 unspecified atom stereocenters. The van der Waals surface area contributed by atoms with Crippen LogP contribution in [-0.2, 0) is 28.2 Å². The van der Waals surface area contributed by atoms with Gasteiger partial charge in [0.15, 0.2) is 0 Å². The summed E-state index contributed by atoms with van der Waals surface area (Å²) in [7, 11) is -1.58. The third kappa shape index (κ3) is 5.28. The lowest BCUT2D eigenvalue weighted by Gasteiger charge is -2.08. The Bertz CT molecular complexity index is 1340. The van der Waals surface area contributed by atoms with Crippen molar-refractivity contribution < 1.29 is 21.7 Å². The molecule has 0 fully saturated rings. The first-order valence-corrected chi connectivity index (χ1v) is 12.0. The van der Waals surface area contributed by atoms with Crippen molar-refractivity contribution in [2.24, 2.45) is 17.3 Å². The van der Waals surface area contributed by atoms with Crippen molar-refractivity contribution in [2.75, 3.05) is 7.11 Å². The number of benzene rings is 2. The minimum atomic E-state index is -4.41. The maximum absolute atomic E-state index is 9.22. The highest BCUT2D eigenvalue weighted by molar-refractivity contribution is 7.80. The van der Waals surface area contributed by atoms with E-state index >= 15 is 0 Å². The Hall–Kier alpha value is -2.92. The topological polar surface area (TPSA) is 100.0 Å². The van der Waals surface area contributed by atoms with Gasteiger partial charge in [0, 0.05) is 22.9 Å².